The number of esters is 2. The van der Waals surface area contributed by atoms with Crippen molar-refractivity contribution in [3.05, 3.63) is 10.1 Å². The van der Waals surface area contributed by atoms with E-state index in [1.165, 1.54) is 0 Å². The standard InChI is InChI=1S/C13H21NO6/c1-4-5-6-7-8-9-10(14(17)18)13(9,11(15)19-2)12(16)20-3/h9-10H,4-8H2,1-3H3/t9-,10-/m1/s1. The highest BCUT2D eigenvalue weighted by molar-refractivity contribution is 6.05. The Bertz CT molecular complexity index is 378. The number of unbranched alkanes of at least 4 members (excludes halogenated alkanes) is 3. The fourth-order valence-corrected chi connectivity index (χ4v) is 2.89. The summed E-state index contributed by atoms with van der Waals surface area (Å²) in [6.07, 6.45) is 4.20. The molecule has 1 rings (SSSR count). The summed E-state index contributed by atoms with van der Waals surface area (Å²) in [6, 6.07) is -1.23. The Morgan fingerprint density at radius 1 is 1.15 bits per heavy atom. The average Bonchev–Trinajstić information content (AvgIpc) is 3.12. The van der Waals surface area contributed by atoms with Crippen molar-refractivity contribution < 1.29 is 24.0 Å². The van der Waals surface area contributed by atoms with Crippen LogP contribution in [-0.2, 0) is 19.1 Å². The second-order valence-corrected chi connectivity index (χ2v) is 5.04. The lowest BCUT2D eigenvalue weighted by molar-refractivity contribution is -0.503. The van der Waals surface area contributed by atoms with Crippen LogP contribution in [0.1, 0.15) is 39.0 Å². The zero-order valence-corrected chi connectivity index (χ0v) is 12.1. The molecule has 0 aliphatic heterocycles. The largest absolute Gasteiger partial charge is 0.468 e. The van der Waals surface area contributed by atoms with Gasteiger partial charge in [0.25, 0.3) is 0 Å². The van der Waals surface area contributed by atoms with E-state index in [-0.39, 0.29) is 0 Å². The number of rotatable bonds is 8. The van der Waals surface area contributed by atoms with Crippen molar-refractivity contribution in [1.82, 2.24) is 0 Å². The first-order valence-electron chi connectivity index (χ1n) is 6.78. The van der Waals surface area contributed by atoms with Crippen LogP contribution in [0.5, 0.6) is 0 Å². The Labute approximate surface area is 117 Å². The smallest absolute Gasteiger partial charge is 0.331 e. The Balaban J connectivity index is 2.87. The van der Waals surface area contributed by atoms with Crippen LogP contribution in [0.25, 0.3) is 0 Å². The van der Waals surface area contributed by atoms with Gasteiger partial charge in [0.15, 0.2) is 0 Å². The minimum atomic E-state index is -1.75. The van der Waals surface area contributed by atoms with Crippen LogP contribution in [0, 0.1) is 21.4 Å². The SMILES string of the molecule is CCCCCC[C@@H]1[C@@H]([N+](=O)[O-])C1(C(=O)OC)C(=O)OC. The normalized spacial score (nSPS) is 22.9. The molecule has 0 aromatic carbocycles. The van der Waals surface area contributed by atoms with E-state index >= 15 is 0 Å². The van der Waals surface area contributed by atoms with Gasteiger partial charge in [-0.1, -0.05) is 32.6 Å². The summed E-state index contributed by atoms with van der Waals surface area (Å²) in [6.45, 7) is 2.06. The molecule has 0 aromatic rings. The van der Waals surface area contributed by atoms with Gasteiger partial charge in [0.05, 0.1) is 20.1 Å². The fraction of sp³-hybridized carbons (Fsp3) is 0.846. The molecule has 2 atom stereocenters. The summed E-state index contributed by atoms with van der Waals surface area (Å²) >= 11 is 0. The van der Waals surface area contributed by atoms with E-state index in [1.54, 1.807) is 0 Å². The number of carbonyl (C=O) groups is 2. The molecule has 0 N–H and O–H groups in total. The molecule has 7 heteroatoms. The van der Waals surface area contributed by atoms with Gasteiger partial charge in [0.1, 0.15) is 0 Å². The molecule has 1 aliphatic carbocycles. The van der Waals surface area contributed by atoms with Gasteiger partial charge in [-0.2, -0.15) is 0 Å². The van der Waals surface area contributed by atoms with Crippen molar-refractivity contribution in [1.29, 1.82) is 0 Å². The molecule has 0 bridgehead atoms. The van der Waals surface area contributed by atoms with Crippen molar-refractivity contribution in [3.63, 3.8) is 0 Å². The predicted molar refractivity (Wildman–Crippen MR) is 69.5 cm³/mol. The third-order valence-corrected chi connectivity index (χ3v) is 3.97. The first-order chi connectivity index (χ1) is 9.48. The summed E-state index contributed by atoms with van der Waals surface area (Å²) < 4.78 is 9.19. The lowest BCUT2D eigenvalue weighted by Gasteiger charge is -2.10. The van der Waals surface area contributed by atoms with Crippen molar-refractivity contribution in [2.24, 2.45) is 11.3 Å². The van der Waals surface area contributed by atoms with Crippen LogP contribution in [0.3, 0.4) is 0 Å². The van der Waals surface area contributed by atoms with E-state index in [0.29, 0.717) is 6.42 Å². The summed E-state index contributed by atoms with van der Waals surface area (Å²) in [5.74, 6) is -2.37. The highest BCUT2D eigenvalue weighted by atomic mass is 16.6. The summed E-state index contributed by atoms with van der Waals surface area (Å²) in [5, 5.41) is 11.1. The molecule has 0 radical (unpaired) electrons. The molecule has 0 amide bonds. The van der Waals surface area contributed by atoms with Crippen LogP contribution in [0.15, 0.2) is 0 Å². The molecular weight excluding hydrogens is 266 g/mol. The number of hydrogen-bond acceptors (Lipinski definition) is 6. The first-order valence-corrected chi connectivity index (χ1v) is 6.78. The van der Waals surface area contributed by atoms with Gasteiger partial charge in [0.2, 0.25) is 11.5 Å². The van der Waals surface area contributed by atoms with E-state index in [4.69, 9.17) is 0 Å². The lowest BCUT2D eigenvalue weighted by Crippen LogP contribution is -2.34. The van der Waals surface area contributed by atoms with Crippen LogP contribution in [0.4, 0.5) is 0 Å². The maximum atomic E-state index is 11.9. The van der Waals surface area contributed by atoms with Gasteiger partial charge in [-0.05, 0) is 6.42 Å². The summed E-state index contributed by atoms with van der Waals surface area (Å²) in [5.41, 5.74) is -1.75. The quantitative estimate of drug-likeness (QED) is 0.221. The van der Waals surface area contributed by atoms with Gasteiger partial charge >= 0.3 is 11.9 Å². The Morgan fingerprint density at radius 2 is 1.70 bits per heavy atom. The number of methoxy groups -OCH3 is 2. The first kappa shape index (κ1) is 16.4. The number of hydrogen-bond donors (Lipinski definition) is 0. The van der Waals surface area contributed by atoms with Crippen molar-refractivity contribution in [2.75, 3.05) is 14.2 Å². The number of ether oxygens (including phenoxy) is 2. The molecule has 1 fully saturated rings. The third-order valence-electron chi connectivity index (χ3n) is 3.97. The van der Waals surface area contributed by atoms with Crippen LogP contribution in [0.2, 0.25) is 0 Å². The second kappa shape index (κ2) is 6.67. The topological polar surface area (TPSA) is 95.7 Å². The zero-order valence-electron chi connectivity index (χ0n) is 12.1. The monoisotopic (exact) mass is 287 g/mol. The van der Waals surface area contributed by atoms with E-state index in [1.807, 2.05) is 0 Å². The van der Waals surface area contributed by atoms with E-state index in [0.717, 1.165) is 39.9 Å². The Morgan fingerprint density at radius 3 is 2.10 bits per heavy atom. The fourth-order valence-electron chi connectivity index (χ4n) is 2.89. The Hall–Kier alpha value is -1.66. The maximum Gasteiger partial charge on any atom is 0.331 e. The highest BCUT2D eigenvalue weighted by Crippen LogP contribution is 2.58. The summed E-state index contributed by atoms with van der Waals surface area (Å²) in [7, 11) is 2.24. The van der Waals surface area contributed by atoms with Gasteiger partial charge in [-0.15, -0.1) is 0 Å². The van der Waals surface area contributed by atoms with Gasteiger partial charge in [0, 0.05) is 4.92 Å². The molecule has 0 aromatic heterocycles. The van der Waals surface area contributed by atoms with Gasteiger partial charge in [-0.3, -0.25) is 19.7 Å². The van der Waals surface area contributed by atoms with Crippen LogP contribution < -0.4 is 0 Å². The van der Waals surface area contributed by atoms with E-state index in [2.05, 4.69) is 16.4 Å². The molecule has 0 heterocycles. The number of nitro groups is 1. The van der Waals surface area contributed by atoms with Crippen LogP contribution >= 0.6 is 0 Å². The number of nitrogens with zero attached hydrogens (tertiary/aromatic N) is 1. The van der Waals surface area contributed by atoms with Crippen molar-refractivity contribution in [3.8, 4) is 0 Å². The number of carbonyl (C=O) groups excluding carboxylic acids is 2. The molecule has 7 nitrogen and oxygen atoms in total. The minimum absolute atomic E-state index is 0.454. The van der Waals surface area contributed by atoms with Crippen LogP contribution in [-0.4, -0.2) is 37.1 Å². The molecule has 114 valence electrons. The minimum Gasteiger partial charge on any atom is -0.468 e. The predicted octanol–water partition coefficient (Wildman–Crippen LogP) is 1.56. The third kappa shape index (κ3) is 2.62. The van der Waals surface area contributed by atoms with Gasteiger partial charge in [-0.25, -0.2) is 0 Å². The van der Waals surface area contributed by atoms with Gasteiger partial charge < -0.3 is 9.47 Å². The maximum absolute atomic E-state index is 11.9. The van der Waals surface area contributed by atoms with E-state index < -0.39 is 34.2 Å². The molecular formula is C13H21NO6. The lowest BCUT2D eigenvalue weighted by atomic mass is 10.00. The second-order valence-electron chi connectivity index (χ2n) is 5.04. The Kier molecular flexibility index (Phi) is 5.47. The highest BCUT2D eigenvalue weighted by Gasteiger charge is 2.84. The zero-order chi connectivity index (χ0) is 15.3. The molecule has 0 spiro atoms. The molecule has 0 unspecified atom stereocenters. The molecule has 0 saturated heterocycles. The van der Waals surface area contributed by atoms with E-state index in [9.17, 15) is 19.7 Å². The van der Waals surface area contributed by atoms with Crippen molar-refractivity contribution in [2.45, 2.75) is 45.1 Å². The molecule has 20 heavy (non-hydrogen) atoms. The molecule has 1 aliphatic rings. The summed E-state index contributed by atoms with van der Waals surface area (Å²) in [4.78, 5) is 34.3. The average molecular weight is 287 g/mol. The molecule has 1 saturated carbocycles. The van der Waals surface area contributed by atoms with Crippen molar-refractivity contribution >= 4 is 11.9 Å².